The number of aromatic nitrogens is 1. The number of esters is 1. The van der Waals surface area contributed by atoms with Crippen LogP contribution >= 0.6 is 15.9 Å². The minimum atomic E-state index is -0.381. The number of fused-ring (bicyclic) bond motifs is 4. The zero-order valence-electron chi connectivity index (χ0n) is 20.3. The molecular formula is C29H30BrN3O3. The van der Waals surface area contributed by atoms with Crippen molar-refractivity contribution in [1.29, 1.82) is 0 Å². The summed E-state index contributed by atoms with van der Waals surface area (Å²) in [6.45, 7) is 6.73. The van der Waals surface area contributed by atoms with Crippen LogP contribution in [0.4, 0.5) is 5.69 Å². The molecule has 2 aromatic carbocycles. The quantitative estimate of drug-likeness (QED) is 0.225. The van der Waals surface area contributed by atoms with Crippen LogP contribution in [0.5, 0.6) is 5.75 Å². The standard InChI is InChI=1S/C29H30BrN3O3/c1-3-18-16-32-12-10-19(18)13-26(32)28(23-9-11-31-25-8-7-22(35-2)15-24(23)25)36-29(34)27-17-33(27)21-6-4-5-20(30)14-21/h3-9,11,14-15,18-19,26-28H,1,10,12-13,16-17H2,2H3/t18?,19-,26-,27+,28+,33?/m0/s1. The van der Waals surface area contributed by atoms with Gasteiger partial charge in [-0.2, -0.15) is 0 Å². The van der Waals surface area contributed by atoms with Crippen molar-refractivity contribution >= 4 is 38.5 Å². The zero-order chi connectivity index (χ0) is 24.8. The van der Waals surface area contributed by atoms with Crippen molar-refractivity contribution in [3.05, 3.63) is 77.4 Å². The van der Waals surface area contributed by atoms with Gasteiger partial charge in [0.05, 0.1) is 25.2 Å². The van der Waals surface area contributed by atoms with E-state index in [0.29, 0.717) is 18.4 Å². The van der Waals surface area contributed by atoms with Crippen LogP contribution in [0, 0.1) is 11.8 Å². The van der Waals surface area contributed by atoms with Gasteiger partial charge < -0.3 is 14.4 Å². The molecular weight excluding hydrogens is 518 g/mol. The average molecular weight is 548 g/mol. The lowest BCUT2D eigenvalue weighted by Crippen LogP contribution is -2.55. The van der Waals surface area contributed by atoms with Gasteiger partial charge in [-0.3, -0.25) is 9.88 Å². The van der Waals surface area contributed by atoms with Gasteiger partial charge in [0.25, 0.3) is 0 Å². The summed E-state index contributed by atoms with van der Waals surface area (Å²) in [7, 11) is 1.67. The summed E-state index contributed by atoms with van der Waals surface area (Å²) in [4.78, 5) is 22.7. The highest BCUT2D eigenvalue weighted by Crippen LogP contribution is 2.44. The Morgan fingerprint density at radius 1 is 1.22 bits per heavy atom. The first kappa shape index (κ1) is 23.5. The van der Waals surface area contributed by atoms with Gasteiger partial charge >= 0.3 is 5.97 Å². The highest BCUT2D eigenvalue weighted by Gasteiger charge is 2.47. The SMILES string of the molecule is C=CC1CN2CC[C@H]1C[C@H]2[C@H](OC(=O)[C@H]1CN1c1cccc(Br)c1)c1ccnc2ccc(OC)cc12. The Hall–Kier alpha value is -2.90. The molecule has 186 valence electrons. The Labute approximate surface area is 220 Å². The van der Waals surface area contributed by atoms with Gasteiger partial charge in [0.15, 0.2) is 0 Å². The van der Waals surface area contributed by atoms with Crippen LogP contribution in [-0.4, -0.2) is 54.7 Å². The smallest absolute Gasteiger partial charge is 0.331 e. The van der Waals surface area contributed by atoms with Crippen molar-refractivity contribution in [2.45, 2.75) is 31.0 Å². The first-order chi connectivity index (χ1) is 17.6. The van der Waals surface area contributed by atoms with E-state index in [1.165, 1.54) is 0 Å². The van der Waals surface area contributed by atoms with Crippen molar-refractivity contribution in [3.8, 4) is 5.75 Å². The minimum absolute atomic E-state index is 0.124. The van der Waals surface area contributed by atoms with Crippen LogP contribution in [0.15, 0.2) is 71.9 Å². The number of hydrogen-bond donors (Lipinski definition) is 0. The predicted octanol–water partition coefficient (Wildman–Crippen LogP) is 5.38. The van der Waals surface area contributed by atoms with Gasteiger partial charge in [-0.25, -0.2) is 4.79 Å². The maximum Gasteiger partial charge on any atom is 0.331 e. The Morgan fingerprint density at radius 2 is 2.11 bits per heavy atom. The molecule has 0 aliphatic carbocycles. The fourth-order valence-electron chi connectivity index (χ4n) is 6.05. The highest BCUT2D eigenvalue weighted by atomic mass is 79.9. The Morgan fingerprint density at radius 3 is 2.86 bits per heavy atom. The van der Waals surface area contributed by atoms with Gasteiger partial charge in [0, 0.05) is 33.9 Å². The van der Waals surface area contributed by atoms with Crippen molar-refractivity contribution in [1.82, 2.24) is 9.88 Å². The lowest BCUT2D eigenvalue weighted by molar-refractivity contribution is -0.156. The molecule has 0 spiro atoms. The Bertz CT molecular complexity index is 1310. The number of carbonyl (C=O) groups is 1. The monoisotopic (exact) mass is 547 g/mol. The van der Waals surface area contributed by atoms with Gasteiger partial charge in [0.1, 0.15) is 17.9 Å². The zero-order valence-corrected chi connectivity index (χ0v) is 21.9. The molecule has 0 radical (unpaired) electrons. The number of methoxy groups -OCH3 is 1. The Kier molecular flexibility index (Phi) is 6.21. The second-order valence-electron chi connectivity index (χ2n) is 10.0. The summed E-state index contributed by atoms with van der Waals surface area (Å²) in [6, 6.07) is 15.8. The number of hydrogen-bond acceptors (Lipinski definition) is 6. The van der Waals surface area contributed by atoms with E-state index < -0.39 is 0 Å². The predicted molar refractivity (Wildman–Crippen MR) is 144 cm³/mol. The maximum atomic E-state index is 13.5. The molecule has 0 amide bonds. The third-order valence-corrected chi connectivity index (χ3v) is 8.55. The summed E-state index contributed by atoms with van der Waals surface area (Å²) >= 11 is 3.53. The molecule has 4 aliphatic heterocycles. The van der Waals surface area contributed by atoms with E-state index in [1.807, 2.05) is 54.7 Å². The molecule has 0 saturated carbocycles. The molecule has 6 atom stereocenters. The van der Waals surface area contributed by atoms with E-state index in [1.54, 1.807) is 7.11 Å². The fraction of sp³-hybridized carbons (Fsp3) is 0.379. The summed E-state index contributed by atoms with van der Waals surface area (Å²) in [5.41, 5.74) is 2.89. The highest BCUT2D eigenvalue weighted by molar-refractivity contribution is 9.10. The molecule has 4 saturated heterocycles. The number of halogens is 1. The van der Waals surface area contributed by atoms with Gasteiger partial charge in [-0.15, -0.1) is 6.58 Å². The number of benzene rings is 2. The molecule has 5 heterocycles. The minimum Gasteiger partial charge on any atom is -0.497 e. The average Bonchev–Trinajstić information content (AvgIpc) is 3.72. The van der Waals surface area contributed by atoms with Crippen LogP contribution in [-0.2, 0) is 9.53 Å². The normalized spacial score (nSPS) is 27.5. The van der Waals surface area contributed by atoms with Crippen LogP contribution in [0.3, 0.4) is 0 Å². The summed E-state index contributed by atoms with van der Waals surface area (Å²) in [5.74, 6) is 1.66. The van der Waals surface area contributed by atoms with Crippen molar-refractivity contribution in [2.24, 2.45) is 11.8 Å². The number of carbonyl (C=O) groups excluding carboxylic acids is 1. The van der Waals surface area contributed by atoms with Crippen molar-refractivity contribution in [3.63, 3.8) is 0 Å². The number of anilines is 1. The molecule has 4 fully saturated rings. The third-order valence-electron chi connectivity index (χ3n) is 8.06. The molecule has 36 heavy (non-hydrogen) atoms. The van der Waals surface area contributed by atoms with E-state index in [9.17, 15) is 4.79 Å². The molecule has 2 bridgehead atoms. The number of piperidine rings is 3. The number of nitrogens with zero attached hydrogens (tertiary/aromatic N) is 3. The van der Waals surface area contributed by atoms with Gasteiger partial charge in [0.2, 0.25) is 0 Å². The van der Waals surface area contributed by atoms with Crippen molar-refractivity contribution in [2.75, 3.05) is 31.6 Å². The second-order valence-corrected chi connectivity index (χ2v) is 11.0. The summed E-state index contributed by atoms with van der Waals surface area (Å²) in [5, 5.41) is 0.970. The largest absolute Gasteiger partial charge is 0.497 e. The Balaban J connectivity index is 1.33. The van der Waals surface area contributed by atoms with E-state index >= 15 is 0 Å². The first-order valence-electron chi connectivity index (χ1n) is 12.6. The first-order valence-corrected chi connectivity index (χ1v) is 13.4. The van der Waals surface area contributed by atoms with E-state index in [0.717, 1.165) is 58.3 Å². The molecule has 0 N–H and O–H groups in total. The molecule has 6 nitrogen and oxygen atoms in total. The summed E-state index contributed by atoms with van der Waals surface area (Å²) in [6.07, 6.45) is 5.69. The van der Waals surface area contributed by atoms with Crippen molar-refractivity contribution < 1.29 is 14.3 Å². The van der Waals surface area contributed by atoms with E-state index in [-0.39, 0.29) is 24.2 Å². The summed E-state index contributed by atoms with van der Waals surface area (Å²) < 4.78 is 13.0. The van der Waals surface area contributed by atoms with Crippen LogP contribution < -0.4 is 9.64 Å². The number of rotatable bonds is 7. The molecule has 2 unspecified atom stereocenters. The van der Waals surface area contributed by atoms with Crippen LogP contribution in [0.25, 0.3) is 10.9 Å². The number of ether oxygens (including phenoxy) is 2. The topological polar surface area (TPSA) is 54.7 Å². The molecule has 7 rings (SSSR count). The maximum absolute atomic E-state index is 13.5. The van der Waals surface area contributed by atoms with Gasteiger partial charge in [-0.05, 0) is 73.7 Å². The van der Waals surface area contributed by atoms with E-state index in [2.05, 4.69) is 43.4 Å². The molecule has 7 heteroatoms. The molecule has 3 aromatic rings. The fourth-order valence-corrected chi connectivity index (χ4v) is 6.43. The van der Waals surface area contributed by atoms with Crippen LogP contribution in [0.1, 0.15) is 24.5 Å². The number of pyridine rings is 1. The third kappa shape index (κ3) is 4.28. The second kappa shape index (κ2) is 9.52. The lowest BCUT2D eigenvalue weighted by atomic mass is 9.73. The van der Waals surface area contributed by atoms with E-state index in [4.69, 9.17) is 9.47 Å². The lowest BCUT2D eigenvalue weighted by Gasteiger charge is -2.51. The molecule has 4 aliphatic rings. The molecule has 1 aromatic heterocycles. The van der Waals surface area contributed by atoms with Crippen LogP contribution in [0.2, 0.25) is 0 Å². The van der Waals surface area contributed by atoms with Gasteiger partial charge in [-0.1, -0.05) is 28.1 Å².